The molecule has 0 spiro atoms. The molecular weight excluding hydrogens is 265 g/mol. The van der Waals surface area contributed by atoms with Gasteiger partial charge in [0, 0.05) is 32.3 Å². The molecule has 0 aliphatic rings. The van der Waals surface area contributed by atoms with Crippen LogP contribution >= 0.6 is 0 Å². The van der Waals surface area contributed by atoms with Crippen molar-refractivity contribution in [2.75, 3.05) is 24.3 Å². The van der Waals surface area contributed by atoms with Crippen molar-refractivity contribution in [1.82, 2.24) is 0 Å². The molecule has 2 rings (SSSR count). The van der Waals surface area contributed by atoms with Gasteiger partial charge in [-0.25, -0.2) is 13.2 Å². The predicted octanol–water partition coefficient (Wildman–Crippen LogP) is 3.78. The average molecular weight is 280 g/mol. The van der Waals surface area contributed by atoms with Crippen molar-refractivity contribution >= 4 is 11.4 Å². The molecule has 2 aromatic rings. The van der Waals surface area contributed by atoms with Crippen LogP contribution in [0.5, 0.6) is 0 Å². The molecule has 0 amide bonds. The number of benzene rings is 2. The molecule has 0 radical (unpaired) electrons. The summed E-state index contributed by atoms with van der Waals surface area (Å²) in [5.74, 6) is -3.00. The Bertz CT molecular complexity index is 612. The first-order chi connectivity index (χ1) is 9.49. The van der Waals surface area contributed by atoms with Crippen LogP contribution in [0.3, 0.4) is 0 Å². The monoisotopic (exact) mass is 280 g/mol. The molecule has 20 heavy (non-hydrogen) atoms. The fraction of sp³-hybridized carbons (Fsp3) is 0.200. The zero-order valence-corrected chi connectivity index (χ0v) is 11.3. The van der Waals surface area contributed by atoms with Crippen molar-refractivity contribution in [3.8, 4) is 0 Å². The SMILES string of the molecule is CN(C)c1ccccc1NCc1cc(F)c(F)cc1F. The lowest BCUT2D eigenvalue weighted by Crippen LogP contribution is -2.12. The predicted molar refractivity (Wildman–Crippen MR) is 74.4 cm³/mol. The molecule has 2 nitrogen and oxygen atoms in total. The summed E-state index contributed by atoms with van der Waals surface area (Å²) in [5.41, 5.74) is 1.80. The number of nitrogens with zero attached hydrogens (tertiary/aromatic N) is 1. The second kappa shape index (κ2) is 5.86. The number of hydrogen-bond acceptors (Lipinski definition) is 2. The third kappa shape index (κ3) is 3.04. The van der Waals surface area contributed by atoms with Crippen molar-refractivity contribution in [2.24, 2.45) is 0 Å². The molecule has 0 saturated carbocycles. The number of hydrogen-bond donors (Lipinski definition) is 1. The molecule has 0 aliphatic heterocycles. The highest BCUT2D eigenvalue weighted by Crippen LogP contribution is 2.24. The summed E-state index contributed by atoms with van der Waals surface area (Å²) in [6, 6.07) is 8.91. The Morgan fingerprint density at radius 2 is 1.60 bits per heavy atom. The molecule has 0 atom stereocenters. The summed E-state index contributed by atoms with van der Waals surface area (Å²) >= 11 is 0. The van der Waals surface area contributed by atoms with E-state index in [1.54, 1.807) is 0 Å². The molecule has 5 heteroatoms. The van der Waals surface area contributed by atoms with Crippen LogP contribution in [0, 0.1) is 17.5 Å². The van der Waals surface area contributed by atoms with E-state index in [0.717, 1.165) is 17.4 Å². The summed E-state index contributed by atoms with van der Waals surface area (Å²) in [4.78, 5) is 1.91. The first-order valence-corrected chi connectivity index (χ1v) is 6.12. The highest BCUT2D eigenvalue weighted by atomic mass is 19.2. The molecule has 0 saturated heterocycles. The zero-order chi connectivity index (χ0) is 14.7. The fourth-order valence-corrected chi connectivity index (χ4v) is 1.90. The van der Waals surface area contributed by atoms with Gasteiger partial charge < -0.3 is 10.2 Å². The van der Waals surface area contributed by atoms with Crippen LogP contribution < -0.4 is 10.2 Å². The summed E-state index contributed by atoms with van der Waals surface area (Å²) in [6.45, 7) is 0.0773. The molecule has 0 fully saturated rings. The van der Waals surface area contributed by atoms with E-state index in [1.807, 2.05) is 43.3 Å². The Hall–Kier alpha value is -2.17. The van der Waals surface area contributed by atoms with Gasteiger partial charge in [-0.2, -0.15) is 0 Å². The molecule has 0 heterocycles. The van der Waals surface area contributed by atoms with Crippen LogP contribution in [0.1, 0.15) is 5.56 Å². The van der Waals surface area contributed by atoms with E-state index in [1.165, 1.54) is 0 Å². The van der Waals surface area contributed by atoms with E-state index >= 15 is 0 Å². The Morgan fingerprint density at radius 3 is 2.30 bits per heavy atom. The smallest absolute Gasteiger partial charge is 0.161 e. The first kappa shape index (κ1) is 14.2. The normalized spacial score (nSPS) is 10.4. The summed E-state index contributed by atoms with van der Waals surface area (Å²) < 4.78 is 39.5. The minimum absolute atomic E-state index is 0.0773. The van der Waals surface area contributed by atoms with E-state index in [2.05, 4.69) is 5.32 Å². The maximum absolute atomic E-state index is 13.5. The van der Waals surface area contributed by atoms with Crippen LogP contribution in [-0.4, -0.2) is 14.1 Å². The molecule has 0 unspecified atom stereocenters. The van der Waals surface area contributed by atoms with Crippen LogP contribution in [-0.2, 0) is 6.54 Å². The van der Waals surface area contributed by atoms with Crippen molar-refractivity contribution in [2.45, 2.75) is 6.54 Å². The molecule has 1 N–H and O–H groups in total. The van der Waals surface area contributed by atoms with Gasteiger partial charge in [-0.05, 0) is 18.2 Å². The first-order valence-electron chi connectivity index (χ1n) is 6.12. The van der Waals surface area contributed by atoms with Gasteiger partial charge in [0.2, 0.25) is 0 Å². The number of rotatable bonds is 4. The molecule has 106 valence electrons. The van der Waals surface area contributed by atoms with E-state index in [-0.39, 0.29) is 12.1 Å². The van der Waals surface area contributed by atoms with E-state index in [9.17, 15) is 13.2 Å². The third-order valence-electron chi connectivity index (χ3n) is 2.94. The Labute approximate surface area is 115 Å². The van der Waals surface area contributed by atoms with E-state index < -0.39 is 17.5 Å². The van der Waals surface area contributed by atoms with Gasteiger partial charge in [0.05, 0.1) is 11.4 Å². The topological polar surface area (TPSA) is 15.3 Å². The fourth-order valence-electron chi connectivity index (χ4n) is 1.90. The molecule has 0 bridgehead atoms. The van der Waals surface area contributed by atoms with Gasteiger partial charge in [0.1, 0.15) is 5.82 Å². The molecule has 0 aliphatic carbocycles. The average Bonchev–Trinajstić information content (AvgIpc) is 2.41. The van der Waals surface area contributed by atoms with Gasteiger partial charge in [-0.3, -0.25) is 0 Å². The lowest BCUT2D eigenvalue weighted by atomic mass is 10.2. The van der Waals surface area contributed by atoms with Gasteiger partial charge in [0.25, 0.3) is 0 Å². The van der Waals surface area contributed by atoms with Crippen molar-refractivity contribution in [3.63, 3.8) is 0 Å². The standard InChI is InChI=1S/C15H15F3N2/c1-20(2)15-6-4-3-5-14(15)19-9-10-7-12(17)13(18)8-11(10)16/h3-8,19H,9H2,1-2H3. The molecular formula is C15H15F3N2. The van der Waals surface area contributed by atoms with E-state index in [4.69, 9.17) is 0 Å². The van der Waals surface area contributed by atoms with Crippen molar-refractivity contribution in [3.05, 3.63) is 59.4 Å². The second-order valence-electron chi connectivity index (χ2n) is 4.62. The number of nitrogens with one attached hydrogen (secondary N) is 1. The van der Waals surface area contributed by atoms with Crippen LogP contribution in [0.4, 0.5) is 24.5 Å². The third-order valence-corrected chi connectivity index (χ3v) is 2.94. The lowest BCUT2D eigenvalue weighted by Gasteiger charge is -2.18. The van der Waals surface area contributed by atoms with Gasteiger partial charge in [-0.15, -0.1) is 0 Å². The highest BCUT2D eigenvalue weighted by Gasteiger charge is 2.10. The summed E-state index contributed by atoms with van der Waals surface area (Å²) in [5, 5.41) is 3.03. The van der Waals surface area contributed by atoms with Crippen LogP contribution in [0.25, 0.3) is 0 Å². The lowest BCUT2D eigenvalue weighted by molar-refractivity contribution is 0.490. The van der Waals surface area contributed by atoms with Gasteiger partial charge in [-0.1, -0.05) is 12.1 Å². The largest absolute Gasteiger partial charge is 0.379 e. The minimum atomic E-state index is -1.18. The van der Waals surface area contributed by atoms with Crippen LogP contribution in [0.2, 0.25) is 0 Å². The van der Waals surface area contributed by atoms with Crippen LogP contribution in [0.15, 0.2) is 36.4 Å². The van der Waals surface area contributed by atoms with Crippen molar-refractivity contribution in [1.29, 1.82) is 0 Å². The zero-order valence-electron chi connectivity index (χ0n) is 11.3. The Morgan fingerprint density at radius 1 is 0.950 bits per heavy atom. The second-order valence-corrected chi connectivity index (χ2v) is 4.62. The summed E-state index contributed by atoms with van der Waals surface area (Å²) in [7, 11) is 3.78. The molecule has 0 aromatic heterocycles. The van der Waals surface area contributed by atoms with E-state index in [0.29, 0.717) is 6.07 Å². The Kier molecular flexibility index (Phi) is 4.17. The highest BCUT2D eigenvalue weighted by molar-refractivity contribution is 5.69. The number of anilines is 2. The van der Waals surface area contributed by atoms with Gasteiger partial charge >= 0.3 is 0 Å². The quantitative estimate of drug-likeness (QED) is 0.857. The Balaban J connectivity index is 2.19. The number of para-hydroxylation sites is 2. The maximum atomic E-state index is 13.5. The van der Waals surface area contributed by atoms with Gasteiger partial charge in [0.15, 0.2) is 11.6 Å². The molecule has 2 aromatic carbocycles. The van der Waals surface area contributed by atoms with Crippen molar-refractivity contribution < 1.29 is 13.2 Å². The minimum Gasteiger partial charge on any atom is -0.379 e. The number of halogens is 3. The maximum Gasteiger partial charge on any atom is 0.161 e. The summed E-state index contributed by atoms with van der Waals surface area (Å²) in [6.07, 6.45) is 0.